The van der Waals surface area contributed by atoms with Crippen LogP contribution in [0, 0.1) is 0 Å². The van der Waals surface area contributed by atoms with E-state index in [0.29, 0.717) is 17.1 Å². The SMILES string of the molecule is CCC(c1nnnn1Cc1cccs1)N1CCN(c2nc3ccc(NC(=O)c4ccccc4Cl)cc3s2)CC1. The molecule has 3 aromatic heterocycles. The average Bonchev–Trinajstić information content (AvgIpc) is 3.72. The second-order valence-corrected chi connectivity index (χ2v) is 11.8. The highest BCUT2D eigenvalue weighted by molar-refractivity contribution is 7.22. The van der Waals surface area contributed by atoms with Crippen molar-refractivity contribution in [3.05, 3.63) is 81.3 Å². The number of tetrazole rings is 1. The van der Waals surface area contributed by atoms with Crippen molar-refractivity contribution in [2.45, 2.75) is 25.9 Å². The molecule has 0 saturated carbocycles. The number of aromatic nitrogens is 5. The van der Waals surface area contributed by atoms with E-state index in [1.807, 2.05) is 28.9 Å². The number of nitrogens with one attached hydrogen (secondary N) is 1. The highest BCUT2D eigenvalue weighted by atomic mass is 35.5. The molecular weight excluding hydrogens is 552 g/mol. The maximum absolute atomic E-state index is 12.7. The molecule has 39 heavy (non-hydrogen) atoms. The molecule has 0 aliphatic carbocycles. The Hall–Kier alpha value is -3.38. The molecule has 0 spiro atoms. The second-order valence-electron chi connectivity index (χ2n) is 9.33. The van der Waals surface area contributed by atoms with Crippen LogP contribution in [-0.4, -0.2) is 62.2 Å². The number of halogens is 1. The summed E-state index contributed by atoms with van der Waals surface area (Å²) in [6.45, 7) is 6.44. The number of hydrogen-bond donors (Lipinski definition) is 1. The number of hydrogen-bond acceptors (Lipinski definition) is 9. The molecule has 0 bridgehead atoms. The minimum atomic E-state index is -0.229. The molecule has 6 rings (SSSR count). The molecule has 1 aliphatic rings. The fourth-order valence-electron chi connectivity index (χ4n) is 4.91. The molecular formula is C27H27ClN8OS2. The van der Waals surface area contributed by atoms with Gasteiger partial charge in [0.2, 0.25) is 0 Å². The lowest BCUT2D eigenvalue weighted by molar-refractivity contribution is 0.102. The van der Waals surface area contributed by atoms with E-state index in [0.717, 1.165) is 59.5 Å². The van der Waals surface area contributed by atoms with Crippen LogP contribution >= 0.6 is 34.3 Å². The molecule has 1 amide bonds. The molecule has 2 aromatic carbocycles. The smallest absolute Gasteiger partial charge is 0.257 e. The number of nitrogens with zero attached hydrogens (tertiary/aromatic N) is 7. The van der Waals surface area contributed by atoms with Gasteiger partial charge in [-0.05, 0) is 58.6 Å². The molecule has 1 N–H and O–H groups in total. The van der Waals surface area contributed by atoms with Gasteiger partial charge >= 0.3 is 0 Å². The summed E-state index contributed by atoms with van der Waals surface area (Å²) < 4.78 is 2.96. The molecule has 200 valence electrons. The Morgan fingerprint density at radius 3 is 2.72 bits per heavy atom. The number of rotatable bonds is 8. The van der Waals surface area contributed by atoms with Gasteiger partial charge in [0.15, 0.2) is 11.0 Å². The monoisotopic (exact) mass is 578 g/mol. The van der Waals surface area contributed by atoms with Gasteiger partial charge < -0.3 is 10.2 Å². The topological polar surface area (TPSA) is 92.1 Å². The number of piperazine rings is 1. The quantitative estimate of drug-likeness (QED) is 0.257. The number of thiazole rings is 1. The van der Waals surface area contributed by atoms with Crippen molar-refractivity contribution in [2.75, 3.05) is 36.4 Å². The Bertz CT molecular complexity index is 1580. The Labute approximate surface area is 239 Å². The lowest BCUT2D eigenvalue weighted by atomic mass is 10.1. The van der Waals surface area contributed by atoms with Crippen LogP contribution in [0.25, 0.3) is 10.2 Å². The van der Waals surface area contributed by atoms with Gasteiger partial charge in [0.1, 0.15) is 0 Å². The Morgan fingerprint density at radius 2 is 1.95 bits per heavy atom. The molecule has 1 aliphatic heterocycles. The van der Waals surface area contributed by atoms with Crippen molar-refractivity contribution in [3.63, 3.8) is 0 Å². The molecule has 1 fully saturated rings. The molecule has 9 nitrogen and oxygen atoms in total. The summed E-state index contributed by atoms with van der Waals surface area (Å²) in [5.41, 5.74) is 2.10. The van der Waals surface area contributed by atoms with Crippen LogP contribution in [0.2, 0.25) is 5.02 Å². The molecule has 5 aromatic rings. The van der Waals surface area contributed by atoms with Gasteiger partial charge in [-0.15, -0.1) is 16.4 Å². The van der Waals surface area contributed by atoms with Crippen molar-refractivity contribution >= 4 is 61.2 Å². The minimum absolute atomic E-state index is 0.168. The fourth-order valence-corrected chi connectivity index (χ4v) is 6.88. The summed E-state index contributed by atoms with van der Waals surface area (Å²) in [6, 6.07) is 17.2. The van der Waals surface area contributed by atoms with E-state index in [4.69, 9.17) is 16.6 Å². The van der Waals surface area contributed by atoms with E-state index in [1.54, 1.807) is 40.9 Å². The molecule has 4 heterocycles. The van der Waals surface area contributed by atoms with Gasteiger partial charge in [-0.25, -0.2) is 9.67 Å². The summed E-state index contributed by atoms with van der Waals surface area (Å²) >= 11 is 9.55. The first kappa shape index (κ1) is 25.9. The Morgan fingerprint density at radius 1 is 1.10 bits per heavy atom. The molecule has 0 radical (unpaired) electrons. The van der Waals surface area contributed by atoms with Crippen LogP contribution in [-0.2, 0) is 6.54 Å². The Balaban J connectivity index is 1.12. The molecule has 1 atom stereocenters. The zero-order valence-electron chi connectivity index (χ0n) is 21.3. The first-order chi connectivity index (χ1) is 19.1. The first-order valence-electron chi connectivity index (χ1n) is 12.8. The third kappa shape index (κ3) is 5.53. The number of fused-ring (bicyclic) bond motifs is 1. The molecule has 12 heteroatoms. The number of anilines is 2. The summed E-state index contributed by atoms with van der Waals surface area (Å²) in [6.07, 6.45) is 0.939. The van der Waals surface area contributed by atoms with Crippen molar-refractivity contribution in [1.82, 2.24) is 30.1 Å². The average molecular weight is 579 g/mol. The van der Waals surface area contributed by atoms with Crippen molar-refractivity contribution in [2.24, 2.45) is 0 Å². The zero-order valence-corrected chi connectivity index (χ0v) is 23.7. The van der Waals surface area contributed by atoms with Gasteiger partial charge in [0.05, 0.1) is 33.4 Å². The van der Waals surface area contributed by atoms with E-state index in [1.165, 1.54) is 4.88 Å². The summed E-state index contributed by atoms with van der Waals surface area (Å²) in [5.74, 6) is 0.693. The fraction of sp³-hybridized carbons (Fsp3) is 0.296. The lowest BCUT2D eigenvalue weighted by Gasteiger charge is -2.38. The first-order valence-corrected chi connectivity index (χ1v) is 14.9. The normalized spacial score (nSPS) is 15.1. The second kappa shape index (κ2) is 11.4. The van der Waals surface area contributed by atoms with Gasteiger partial charge in [-0.2, -0.15) is 0 Å². The minimum Gasteiger partial charge on any atom is -0.345 e. The van der Waals surface area contributed by atoms with Crippen LogP contribution in [0.1, 0.15) is 40.4 Å². The van der Waals surface area contributed by atoms with Crippen LogP contribution in [0.5, 0.6) is 0 Å². The highest BCUT2D eigenvalue weighted by Crippen LogP contribution is 2.33. The number of carbonyl (C=O) groups is 1. The van der Waals surface area contributed by atoms with Gasteiger partial charge in [-0.1, -0.05) is 48.1 Å². The molecule has 1 saturated heterocycles. The largest absolute Gasteiger partial charge is 0.345 e. The van der Waals surface area contributed by atoms with Crippen LogP contribution in [0.3, 0.4) is 0 Å². The number of thiophene rings is 1. The van der Waals surface area contributed by atoms with Crippen LogP contribution in [0.4, 0.5) is 10.8 Å². The van der Waals surface area contributed by atoms with Gasteiger partial charge in [0.25, 0.3) is 5.91 Å². The van der Waals surface area contributed by atoms with Crippen molar-refractivity contribution in [3.8, 4) is 0 Å². The van der Waals surface area contributed by atoms with E-state index in [2.05, 4.69) is 55.1 Å². The summed E-state index contributed by atoms with van der Waals surface area (Å²) in [7, 11) is 0. The van der Waals surface area contributed by atoms with E-state index in [-0.39, 0.29) is 11.9 Å². The molecule has 1 unspecified atom stereocenters. The third-order valence-corrected chi connectivity index (χ3v) is 9.18. The summed E-state index contributed by atoms with van der Waals surface area (Å²) in [4.78, 5) is 23.6. The number of benzene rings is 2. The Kier molecular flexibility index (Phi) is 7.55. The van der Waals surface area contributed by atoms with E-state index in [9.17, 15) is 4.79 Å². The lowest BCUT2D eigenvalue weighted by Crippen LogP contribution is -2.48. The standard InChI is InChI=1S/C27H27ClN8OS2/c1-2-23(25-31-32-33-36(25)17-19-6-5-15-38-19)34-11-13-35(14-12-34)27-30-22-10-9-18(16-24(22)39-27)29-26(37)20-7-3-4-8-21(20)28/h3-10,15-16,23H,2,11-14,17H2,1H3,(H,29,37). The van der Waals surface area contributed by atoms with E-state index < -0.39 is 0 Å². The number of carbonyl (C=O) groups excluding carboxylic acids is 1. The van der Waals surface area contributed by atoms with Crippen molar-refractivity contribution < 1.29 is 4.79 Å². The van der Waals surface area contributed by atoms with E-state index >= 15 is 0 Å². The van der Waals surface area contributed by atoms with Crippen LogP contribution < -0.4 is 10.2 Å². The zero-order chi connectivity index (χ0) is 26.8. The third-order valence-electron chi connectivity index (χ3n) is 6.91. The van der Waals surface area contributed by atoms with Gasteiger partial charge in [-0.3, -0.25) is 9.69 Å². The summed E-state index contributed by atoms with van der Waals surface area (Å²) in [5, 5.41) is 19.1. The van der Waals surface area contributed by atoms with Crippen LogP contribution in [0.15, 0.2) is 60.0 Å². The maximum Gasteiger partial charge on any atom is 0.257 e. The predicted octanol–water partition coefficient (Wildman–Crippen LogP) is 5.57. The van der Waals surface area contributed by atoms with Crippen molar-refractivity contribution in [1.29, 1.82) is 0 Å². The highest BCUT2D eigenvalue weighted by Gasteiger charge is 2.29. The van der Waals surface area contributed by atoms with Gasteiger partial charge in [0, 0.05) is 36.7 Å². The number of amides is 1. The predicted molar refractivity (Wildman–Crippen MR) is 157 cm³/mol. The maximum atomic E-state index is 12.7.